The van der Waals surface area contributed by atoms with E-state index in [1.807, 2.05) is 6.08 Å². The summed E-state index contributed by atoms with van der Waals surface area (Å²) in [5, 5.41) is 0. The average molecular weight is 469 g/mol. The maximum absolute atomic E-state index is 13.3. The Balaban J connectivity index is 1.26. The van der Waals surface area contributed by atoms with Crippen LogP contribution in [0.5, 0.6) is 0 Å². The molecule has 5 rings (SSSR count). The number of carbonyl (C=O) groups excluding carboxylic acids is 2. The van der Waals surface area contributed by atoms with Gasteiger partial charge in [-0.05, 0) is 105 Å². The van der Waals surface area contributed by atoms with Gasteiger partial charge in [0.15, 0.2) is 5.78 Å². The van der Waals surface area contributed by atoms with E-state index in [-0.39, 0.29) is 23.4 Å². The van der Waals surface area contributed by atoms with Gasteiger partial charge in [-0.15, -0.1) is 0 Å². The molecule has 0 aliphatic heterocycles. The van der Waals surface area contributed by atoms with Crippen LogP contribution in [-0.4, -0.2) is 17.9 Å². The van der Waals surface area contributed by atoms with Crippen molar-refractivity contribution in [3.63, 3.8) is 0 Å². The maximum atomic E-state index is 13.3. The zero-order valence-electron chi connectivity index (χ0n) is 22.2. The third-order valence-electron chi connectivity index (χ3n) is 11.3. The van der Waals surface area contributed by atoms with Crippen LogP contribution in [0, 0.1) is 52.8 Å². The van der Waals surface area contributed by atoms with Crippen LogP contribution in [0.15, 0.2) is 11.6 Å². The van der Waals surface area contributed by atoms with Crippen molar-refractivity contribution in [2.24, 2.45) is 52.8 Å². The molecule has 0 spiro atoms. The van der Waals surface area contributed by atoms with Crippen LogP contribution in [0.25, 0.3) is 0 Å². The van der Waals surface area contributed by atoms with Crippen molar-refractivity contribution in [2.75, 3.05) is 0 Å². The van der Waals surface area contributed by atoms with Crippen molar-refractivity contribution in [1.29, 1.82) is 0 Å². The van der Waals surface area contributed by atoms with E-state index >= 15 is 0 Å². The van der Waals surface area contributed by atoms with Gasteiger partial charge in [-0.3, -0.25) is 9.59 Å². The van der Waals surface area contributed by atoms with E-state index in [2.05, 4.69) is 27.7 Å². The maximum Gasteiger partial charge on any atom is 0.309 e. The Labute approximate surface area is 207 Å². The number of ether oxygens (including phenoxy) is 1. The Morgan fingerprint density at radius 3 is 2.53 bits per heavy atom. The van der Waals surface area contributed by atoms with Gasteiger partial charge in [0.25, 0.3) is 0 Å². The van der Waals surface area contributed by atoms with E-state index < -0.39 is 0 Å². The summed E-state index contributed by atoms with van der Waals surface area (Å²) in [4.78, 5) is 25.4. The Morgan fingerprint density at radius 1 is 1.03 bits per heavy atom. The van der Waals surface area contributed by atoms with Crippen molar-refractivity contribution in [2.45, 2.75) is 117 Å². The summed E-state index contributed by atoms with van der Waals surface area (Å²) < 4.78 is 6.43. The van der Waals surface area contributed by atoms with Crippen LogP contribution < -0.4 is 0 Å². The molecule has 0 bridgehead atoms. The van der Waals surface area contributed by atoms with Crippen LogP contribution in [-0.2, 0) is 14.3 Å². The summed E-state index contributed by atoms with van der Waals surface area (Å²) in [6.07, 6.45) is 16.9. The van der Waals surface area contributed by atoms with Crippen molar-refractivity contribution in [1.82, 2.24) is 0 Å². The minimum absolute atomic E-state index is 0.100. The average Bonchev–Trinajstić information content (AvgIpc) is 3.12. The van der Waals surface area contributed by atoms with Gasteiger partial charge >= 0.3 is 5.97 Å². The molecule has 5 aliphatic rings. The van der Waals surface area contributed by atoms with Gasteiger partial charge < -0.3 is 4.74 Å². The first-order valence-electron chi connectivity index (χ1n) is 14.8. The first-order chi connectivity index (χ1) is 16.3. The van der Waals surface area contributed by atoms with Gasteiger partial charge in [-0.25, -0.2) is 0 Å². The third-order valence-corrected chi connectivity index (χ3v) is 11.3. The topological polar surface area (TPSA) is 43.4 Å². The molecule has 5 aliphatic carbocycles. The van der Waals surface area contributed by atoms with Gasteiger partial charge in [0.2, 0.25) is 0 Å². The Hall–Kier alpha value is -1.12. The van der Waals surface area contributed by atoms with Crippen molar-refractivity contribution >= 4 is 11.8 Å². The molecule has 0 aromatic heterocycles. The molecular formula is C31H48O3. The van der Waals surface area contributed by atoms with E-state index in [0.717, 1.165) is 44.4 Å². The Bertz CT molecular complexity index is 805. The van der Waals surface area contributed by atoms with Crippen LogP contribution in [0.4, 0.5) is 0 Å². The number of hydrogen-bond acceptors (Lipinski definition) is 3. The van der Waals surface area contributed by atoms with Crippen molar-refractivity contribution in [3.8, 4) is 0 Å². The predicted molar refractivity (Wildman–Crippen MR) is 136 cm³/mol. The van der Waals surface area contributed by atoms with Gasteiger partial charge in [0, 0.05) is 11.8 Å². The quantitative estimate of drug-likeness (QED) is 0.392. The Kier molecular flexibility index (Phi) is 7.04. The van der Waals surface area contributed by atoms with E-state index in [4.69, 9.17) is 4.74 Å². The lowest BCUT2D eigenvalue weighted by Crippen LogP contribution is -2.54. The number of esters is 1. The summed E-state index contributed by atoms with van der Waals surface area (Å²) in [6.45, 7) is 9.62. The number of allylic oxidation sites excluding steroid dienone is 1. The molecule has 0 saturated heterocycles. The highest BCUT2D eigenvalue weighted by atomic mass is 16.5. The molecule has 0 aromatic rings. The summed E-state index contributed by atoms with van der Waals surface area (Å²) in [5.74, 6) is 5.36. The fourth-order valence-corrected chi connectivity index (χ4v) is 9.70. The van der Waals surface area contributed by atoms with E-state index in [1.54, 1.807) is 0 Å². The lowest BCUT2D eigenvalue weighted by molar-refractivity contribution is -0.168. The molecule has 34 heavy (non-hydrogen) atoms. The second-order valence-corrected chi connectivity index (χ2v) is 13.3. The fraction of sp³-hybridized carbons (Fsp3) is 0.871. The largest absolute Gasteiger partial charge is 0.462 e. The SMILES string of the molecule is CCCCC1CCC(C(=O)O[C@H]2CCC3C4C(C)CC5=CC(=O)CCC5C4C(C)C[C@@]32C)CC1. The van der Waals surface area contributed by atoms with Gasteiger partial charge in [-0.2, -0.15) is 0 Å². The van der Waals surface area contributed by atoms with Crippen LogP contribution in [0.1, 0.15) is 111 Å². The number of fused-ring (bicyclic) bond motifs is 5. The second kappa shape index (κ2) is 9.74. The summed E-state index contributed by atoms with van der Waals surface area (Å²) in [7, 11) is 0. The van der Waals surface area contributed by atoms with Crippen LogP contribution >= 0.6 is 0 Å². The van der Waals surface area contributed by atoms with E-state index in [1.165, 1.54) is 50.5 Å². The predicted octanol–water partition coefficient (Wildman–Crippen LogP) is 7.53. The molecule has 3 heteroatoms. The van der Waals surface area contributed by atoms with Crippen molar-refractivity contribution < 1.29 is 14.3 Å². The summed E-state index contributed by atoms with van der Waals surface area (Å²) in [5.41, 5.74) is 1.57. The molecule has 6 unspecified atom stereocenters. The van der Waals surface area contributed by atoms with Gasteiger partial charge in [0.1, 0.15) is 6.10 Å². The molecule has 0 radical (unpaired) electrons. The number of carbonyl (C=O) groups is 2. The molecule has 8 atom stereocenters. The number of unbranched alkanes of at least 4 members (excludes halogenated alkanes) is 1. The molecule has 0 heterocycles. The number of hydrogen-bond donors (Lipinski definition) is 0. The van der Waals surface area contributed by atoms with Crippen LogP contribution in [0.3, 0.4) is 0 Å². The summed E-state index contributed by atoms with van der Waals surface area (Å²) in [6, 6.07) is 0. The molecule has 0 amide bonds. The zero-order valence-corrected chi connectivity index (χ0v) is 22.2. The number of rotatable bonds is 5. The minimum Gasteiger partial charge on any atom is -0.462 e. The van der Waals surface area contributed by atoms with Crippen molar-refractivity contribution in [3.05, 3.63) is 11.6 Å². The first kappa shape index (κ1) is 24.6. The molecule has 4 saturated carbocycles. The monoisotopic (exact) mass is 468 g/mol. The molecule has 0 aromatic carbocycles. The zero-order chi connectivity index (χ0) is 24.0. The van der Waals surface area contributed by atoms with E-state index in [0.29, 0.717) is 41.3 Å². The molecule has 4 fully saturated rings. The molecule has 0 N–H and O–H groups in total. The Morgan fingerprint density at radius 2 is 1.79 bits per heavy atom. The molecule has 3 nitrogen and oxygen atoms in total. The normalized spacial score (nSPS) is 46.2. The highest BCUT2D eigenvalue weighted by Crippen LogP contribution is 2.65. The van der Waals surface area contributed by atoms with Crippen LogP contribution in [0.2, 0.25) is 0 Å². The minimum atomic E-state index is 0.100. The summed E-state index contributed by atoms with van der Waals surface area (Å²) >= 11 is 0. The molecular weight excluding hydrogens is 420 g/mol. The van der Waals surface area contributed by atoms with E-state index in [9.17, 15) is 9.59 Å². The third kappa shape index (κ3) is 4.32. The standard InChI is InChI=1S/C31H48O3/c1-5-6-7-21-8-10-22(11-9-21)30(33)34-27-15-14-26-29-19(2)16-23-17-24(32)12-13-25(23)28(29)20(3)18-31(26,27)4/h17,19-22,25-29H,5-16,18H2,1-4H3/t19?,20?,21?,22?,25?,26?,27-,28?,29?,31-/m0/s1. The van der Waals surface area contributed by atoms with Gasteiger partial charge in [0.05, 0.1) is 5.92 Å². The lowest BCUT2D eigenvalue weighted by atomic mass is 9.47. The highest BCUT2D eigenvalue weighted by molar-refractivity contribution is 5.91. The fourth-order valence-electron chi connectivity index (χ4n) is 9.70. The smallest absolute Gasteiger partial charge is 0.309 e. The number of ketones is 1. The van der Waals surface area contributed by atoms with Gasteiger partial charge in [-0.1, -0.05) is 52.5 Å². The highest BCUT2D eigenvalue weighted by Gasteiger charge is 2.61. The first-order valence-corrected chi connectivity index (χ1v) is 14.8. The second-order valence-electron chi connectivity index (χ2n) is 13.3. The lowest BCUT2D eigenvalue weighted by Gasteiger charge is -2.58. The molecule has 190 valence electrons.